The minimum absolute atomic E-state index is 0.313. The van der Waals surface area contributed by atoms with Crippen LogP contribution >= 0.6 is 0 Å². The van der Waals surface area contributed by atoms with Gasteiger partial charge >= 0.3 is 6.03 Å². The third-order valence-electron chi connectivity index (χ3n) is 5.19. The van der Waals surface area contributed by atoms with Gasteiger partial charge in [0.25, 0.3) is 0 Å². The smallest absolute Gasteiger partial charge is 0.323 e. The summed E-state index contributed by atoms with van der Waals surface area (Å²) in [6.07, 6.45) is 9.01. The lowest BCUT2D eigenvalue weighted by atomic mass is 10.0. The molecule has 5 aromatic rings. The Hall–Kier alpha value is -4.46. The van der Waals surface area contributed by atoms with Crippen molar-refractivity contribution in [1.29, 1.82) is 0 Å². The summed E-state index contributed by atoms with van der Waals surface area (Å²) >= 11 is 0. The number of aryl methyl sites for hydroxylation is 1. The molecule has 32 heavy (non-hydrogen) atoms. The molecule has 0 unspecified atom stereocenters. The van der Waals surface area contributed by atoms with Gasteiger partial charge in [0.2, 0.25) is 0 Å². The first-order valence-electron chi connectivity index (χ1n) is 10.3. The van der Waals surface area contributed by atoms with Crippen LogP contribution < -0.4 is 10.6 Å². The van der Waals surface area contributed by atoms with Crippen LogP contribution in [0.25, 0.3) is 33.4 Å². The van der Waals surface area contributed by atoms with E-state index in [4.69, 9.17) is 5.10 Å². The van der Waals surface area contributed by atoms with Gasteiger partial charge in [0.1, 0.15) is 11.3 Å². The highest BCUT2D eigenvalue weighted by atomic mass is 16.2. The molecule has 0 aliphatic carbocycles. The van der Waals surface area contributed by atoms with Crippen molar-refractivity contribution in [2.45, 2.75) is 13.5 Å². The fourth-order valence-corrected chi connectivity index (χ4v) is 3.63. The molecular formula is C24H21N7O. The molecule has 0 aliphatic rings. The summed E-state index contributed by atoms with van der Waals surface area (Å²) in [5, 5.41) is 11.5. The van der Waals surface area contributed by atoms with Gasteiger partial charge in [0.15, 0.2) is 0 Å². The molecule has 2 amide bonds. The number of nitrogens with one attached hydrogen (secondary N) is 3. The summed E-state index contributed by atoms with van der Waals surface area (Å²) in [5.74, 6) is 0. The lowest BCUT2D eigenvalue weighted by Gasteiger charge is -2.09. The Kier molecular flexibility index (Phi) is 5.09. The van der Waals surface area contributed by atoms with Crippen molar-refractivity contribution in [3.63, 3.8) is 0 Å². The number of H-pyrrole nitrogens is 1. The SMILES string of the molecule is CCn1cc(-c2ccnc3[nH]ccc23)c(-c2ccc(NC(=O)Nc3ccncc3)cc2)n1. The quantitative estimate of drug-likeness (QED) is 0.364. The van der Waals surface area contributed by atoms with E-state index in [1.54, 1.807) is 30.7 Å². The molecule has 4 heterocycles. The molecule has 0 saturated heterocycles. The van der Waals surface area contributed by atoms with Crippen molar-refractivity contribution in [3.8, 4) is 22.4 Å². The van der Waals surface area contributed by atoms with Crippen LogP contribution in [0, 0.1) is 0 Å². The third-order valence-corrected chi connectivity index (χ3v) is 5.19. The number of amides is 2. The van der Waals surface area contributed by atoms with Crippen molar-refractivity contribution in [3.05, 3.63) is 79.5 Å². The highest BCUT2D eigenvalue weighted by molar-refractivity contribution is 6.00. The number of carbonyl (C=O) groups is 1. The Morgan fingerprint density at radius 2 is 1.69 bits per heavy atom. The van der Waals surface area contributed by atoms with E-state index in [2.05, 4.69) is 38.7 Å². The Morgan fingerprint density at radius 3 is 2.44 bits per heavy atom. The lowest BCUT2D eigenvalue weighted by molar-refractivity contribution is 0.262. The van der Waals surface area contributed by atoms with Gasteiger partial charge in [0, 0.05) is 65.4 Å². The van der Waals surface area contributed by atoms with Crippen molar-refractivity contribution in [1.82, 2.24) is 24.7 Å². The largest absolute Gasteiger partial charge is 0.346 e. The first-order valence-corrected chi connectivity index (χ1v) is 10.3. The second kappa shape index (κ2) is 8.35. The minimum atomic E-state index is -0.313. The number of nitrogens with zero attached hydrogens (tertiary/aromatic N) is 4. The number of aromatic amines is 1. The minimum Gasteiger partial charge on any atom is -0.346 e. The van der Waals surface area contributed by atoms with Crippen molar-refractivity contribution < 1.29 is 4.79 Å². The van der Waals surface area contributed by atoms with Gasteiger partial charge in [-0.15, -0.1) is 0 Å². The van der Waals surface area contributed by atoms with Crippen molar-refractivity contribution >= 4 is 28.4 Å². The van der Waals surface area contributed by atoms with Crippen LogP contribution in [0.2, 0.25) is 0 Å². The lowest BCUT2D eigenvalue weighted by Crippen LogP contribution is -2.19. The summed E-state index contributed by atoms with van der Waals surface area (Å²) in [6, 6.07) is 14.8. The van der Waals surface area contributed by atoms with Gasteiger partial charge in [-0.3, -0.25) is 9.67 Å². The molecule has 3 N–H and O–H groups in total. The van der Waals surface area contributed by atoms with Gasteiger partial charge in [-0.2, -0.15) is 5.10 Å². The number of benzene rings is 1. The number of hydrogen-bond acceptors (Lipinski definition) is 4. The number of pyridine rings is 2. The molecule has 4 aromatic heterocycles. The van der Waals surface area contributed by atoms with Gasteiger partial charge in [-0.1, -0.05) is 12.1 Å². The zero-order valence-electron chi connectivity index (χ0n) is 17.4. The summed E-state index contributed by atoms with van der Waals surface area (Å²) in [5.41, 5.74) is 6.17. The van der Waals surface area contributed by atoms with Crippen LogP contribution in [0.4, 0.5) is 16.2 Å². The molecule has 1 aromatic carbocycles. The van der Waals surface area contributed by atoms with E-state index in [-0.39, 0.29) is 6.03 Å². The number of hydrogen-bond donors (Lipinski definition) is 3. The highest BCUT2D eigenvalue weighted by Crippen LogP contribution is 2.35. The van der Waals surface area contributed by atoms with E-state index in [1.807, 2.05) is 47.3 Å². The topological polar surface area (TPSA) is 101 Å². The van der Waals surface area contributed by atoms with E-state index >= 15 is 0 Å². The first kappa shape index (κ1) is 19.5. The number of anilines is 2. The van der Waals surface area contributed by atoms with E-state index in [0.717, 1.165) is 40.0 Å². The Morgan fingerprint density at radius 1 is 0.938 bits per heavy atom. The maximum atomic E-state index is 12.2. The average Bonchev–Trinajstić information content (AvgIpc) is 3.47. The second-order valence-electron chi connectivity index (χ2n) is 7.24. The predicted molar refractivity (Wildman–Crippen MR) is 125 cm³/mol. The molecule has 0 fully saturated rings. The molecule has 0 radical (unpaired) electrons. The van der Waals surface area contributed by atoms with Crippen LogP contribution in [-0.2, 0) is 6.54 Å². The highest BCUT2D eigenvalue weighted by Gasteiger charge is 2.16. The summed E-state index contributed by atoms with van der Waals surface area (Å²) in [4.78, 5) is 23.7. The van der Waals surface area contributed by atoms with E-state index < -0.39 is 0 Å². The molecule has 8 nitrogen and oxygen atoms in total. The van der Waals surface area contributed by atoms with Crippen molar-refractivity contribution in [2.75, 3.05) is 10.6 Å². The molecule has 0 bridgehead atoms. The van der Waals surface area contributed by atoms with E-state index in [1.165, 1.54) is 0 Å². The standard InChI is InChI=1S/C24H21N7O/c1-2-31-15-21(19-9-13-26-23-20(19)10-14-27-23)22(30-31)16-3-5-17(6-4-16)28-24(32)29-18-7-11-25-12-8-18/h3-15H,2H2,1H3,(H,26,27)(H2,25,28,29,32). The summed E-state index contributed by atoms with van der Waals surface area (Å²) in [6.45, 7) is 2.83. The van der Waals surface area contributed by atoms with Gasteiger partial charge in [-0.05, 0) is 48.9 Å². The van der Waals surface area contributed by atoms with Gasteiger partial charge in [-0.25, -0.2) is 9.78 Å². The maximum Gasteiger partial charge on any atom is 0.323 e. The van der Waals surface area contributed by atoms with Crippen LogP contribution in [-0.4, -0.2) is 30.8 Å². The predicted octanol–water partition coefficient (Wildman–Crippen LogP) is 5.15. The monoisotopic (exact) mass is 423 g/mol. The molecule has 0 atom stereocenters. The molecule has 0 saturated carbocycles. The van der Waals surface area contributed by atoms with Crippen molar-refractivity contribution in [2.24, 2.45) is 0 Å². The second-order valence-corrected chi connectivity index (χ2v) is 7.24. The van der Waals surface area contributed by atoms with Crippen LogP contribution in [0.5, 0.6) is 0 Å². The third kappa shape index (κ3) is 3.81. The van der Waals surface area contributed by atoms with E-state index in [9.17, 15) is 4.79 Å². The number of rotatable bonds is 5. The molecule has 0 aliphatic heterocycles. The normalized spacial score (nSPS) is 10.9. The fraction of sp³-hybridized carbons (Fsp3) is 0.0833. The molecular weight excluding hydrogens is 402 g/mol. The van der Waals surface area contributed by atoms with Crippen LogP contribution in [0.3, 0.4) is 0 Å². The maximum absolute atomic E-state index is 12.2. The number of carbonyl (C=O) groups excluding carboxylic acids is 1. The number of urea groups is 1. The molecule has 0 spiro atoms. The molecule has 8 heteroatoms. The zero-order valence-corrected chi connectivity index (χ0v) is 17.4. The number of aromatic nitrogens is 5. The Labute approximate surface area is 184 Å². The summed E-state index contributed by atoms with van der Waals surface area (Å²) < 4.78 is 1.93. The van der Waals surface area contributed by atoms with Crippen LogP contribution in [0.15, 0.2) is 79.5 Å². The van der Waals surface area contributed by atoms with E-state index in [0.29, 0.717) is 11.4 Å². The fourth-order valence-electron chi connectivity index (χ4n) is 3.63. The summed E-state index contributed by atoms with van der Waals surface area (Å²) in [7, 11) is 0. The molecule has 158 valence electrons. The zero-order chi connectivity index (χ0) is 21.9. The number of fused-ring (bicyclic) bond motifs is 1. The average molecular weight is 423 g/mol. The van der Waals surface area contributed by atoms with Gasteiger partial charge in [0.05, 0.1) is 0 Å². The Bertz CT molecular complexity index is 1370. The molecule has 5 rings (SSSR count). The Balaban J connectivity index is 1.42. The van der Waals surface area contributed by atoms with Gasteiger partial charge < -0.3 is 15.6 Å². The first-order chi connectivity index (χ1) is 15.7. The van der Waals surface area contributed by atoms with Crippen LogP contribution in [0.1, 0.15) is 6.92 Å².